The van der Waals surface area contributed by atoms with Gasteiger partial charge in [-0.3, -0.25) is 9.59 Å². The maximum absolute atomic E-state index is 14.3. The Morgan fingerprint density at radius 2 is 1.06 bits per heavy atom. The van der Waals surface area contributed by atoms with Crippen LogP contribution in [0.4, 0.5) is 26.2 Å². The Bertz CT molecular complexity index is 3020. The summed E-state index contributed by atoms with van der Waals surface area (Å²) in [4.78, 5) is 43.6. The van der Waals surface area contributed by atoms with Crippen molar-refractivity contribution in [3.63, 3.8) is 0 Å². The van der Waals surface area contributed by atoms with Crippen LogP contribution in [0, 0.1) is 23.5 Å². The number of aromatic nitrogens is 4. The molecule has 22 heteroatoms. The summed E-state index contributed by atoms with van der Waals surface area (Å²) in [6.45, 7) is 13.5. The number of pyridine rings is 4. The lowest BCUT2D eigenvalue weighted by Crippen LogP contribution is -2.34. The number of halogens is 3. The molecule has 0 saturated heterocycles. The summed E-state index contributed by atoms with van der Waals surface area (Å²) in [5, 5.41) is -1.05. The van der Waals surface area contributed by atoms with Crippen LogP contribution in [0.1, 0.15) is 62.3 Å². The molecule has 0 spiro atoms. The molecule has 6 aromatic rings. The minimum absolute atomic E-state index is 0.00649. The first-order valence-electron chi connectivity index (χ1n) is 21.0. The van der Waals surface area contributed by atoms with Gasteiger partial charge in [-0.05, 0) is 98.5 Å². The van der Waals surface area contributed by atoms with Crippen LogP contribution in [-0.2, 0) is 20.0 Å². The van der Waals surface area contributed by atoms with Gasteiger partial charge in [0.25, 0.3) is 31.9 Å². The molecule has 6 N–H and O–H groups in total. The van der Waals surface area contributed by atoms with Gasteiger partial charge < -0.3 is 25.8 Å². The maximum atomic E-state index is 14.3. The molecule has 0 aliphatic heterocycles. The lowest BCUT2D eigenvalue weighted by molar-refractivity contribution is 0.0972. The largest absolute Gasteiger partial charge is 0.493 e. The lowest BCUT2D eigenvalue weighted by Gasteiger charge is -2.23. The fourth-order valence-corrected chi connectivity index (χ4v) is 8.17. The molecule has 0 aliphatic carbocycles. The van der Waals surface area contributed by atoms with Crippen LogP contribution >= 0.6 is 11.6 Å². The normalized spacial score (nSPS) is 11.4. The number of nitrogens with two attached hydrogens (primary N) is 2. The highest BCUT2D eigenvalue weighted by molar-refractivity contribution is 7.90. The van der Waals surface area contributed by atoms with Gasteiger partial charge in [0.05, 0.1) is 35.7 Å². The van der Waals surface area contributed by atoms with E-state index in [0.717, 1.165) is 0 Å². The second-order valence-electron chi connectivity index (χ2n) is 15.7. The first kappa shape index (κ1) is 52.0. The fraction of sp³-hybridized carbons (Fsp3) is 0.261. The minimum Gasteiger partial charge on any atom is -0.493 e. The van der Waals surface area contributed by atoms with Crippen LogP contribution in [0.25, 0.3) is 22.5 Å². The van der Waals surface area contributed by atoms with Crippen molar-refractivity contribution in [2.75, 3.05) is 42.7 Å². The van der Waals surface area contributed by atoms with Gasteiger partial charge in [-0.1, -0.05) is 51.4 Å². The third kappa shape index (κ3) is 14.0. The van der Waals surface area contributed by atoms with E-state index >= 15 is 0 Å². The quantitative estimate of drug-likeness (QED) is 0.0644. The van der Waals surface area contributed by atoms with Crippen molar-refractivity contribution in [3.05, 3.63) is 125 Å². The number of hydrogen-bond donors (Lipinski definition) is 4. The van der Waals surface area contributed by atoms with Crippen LogP contribution in [0.5, 0.6) is 11.5 Å². The van der Waals surface area contributed by atoms with Gasteiger partial charge in [0, 0.05) is 36.3 Å². The van der Waals surface area contributed by atoms with E-state index in [-0.39, 0.29) is 56.3 Å². The van der Waals surface area contributed by atoms with Crippen molar-refractivity contribution in [1.29, 1.82) is 0 Å². The summed E-state index contributed by atoms with van der Waals surface area (Å²) in [5.41, 5.74) is 12.5. The molecular formula is C46H50ClF2N9O8S2. The van der Waals surface area contributed by atoms with Crippen LogP contribution in [-0.4, -0.2) is 74.9 Å². The Morgan fingerprint density at radius 3 is 1.47 bits per heavy atom. The molecule has 17 nitrogen and oxygen atoms in total. The number of carbonyl (C=O) groups is 2. The SMILES string of the molecule is CC(C)COc1cc(F)cc(-c2ccc(C(=O)NS(=O)(=O)c3cccc(N)n3)c(Cl)n2)c1.CCN(CC)c1nc(-c2cc(F)cc(OCC(C)C)c2)ccc1C(=O)NS(=O)(=O)c1cccc(N)n1. The zero-order valence-corrected chi connectivity index (χ0v) is 40.2. The van der Waals surface area contributed by atoms with Gasteiger partial charge in [-0.2, -0.15) is 16.8 Å². The van der Waals surface area contributed by atoms with Crippen LogP contribution in [0.3, 0.4) is 0 Å². The van der Waals surface area contributed by atoms with E-state index in [9.17, 15) is 35.2 Å². The van der Waals surface area contributed by atoms with E-state index in [2.05, 4.69) is 19.9 Å². The van der Waals surface area contributed by atoms with Gasteiger partial charge in [0.15, 0.2) is 10.1 Å². The second kappa shape index (κ2) is 22.7. The monoisotopic (exact) mass is 993 g/mol. The molecule has 0 aliphatic rings. The topological polar surface area (TPSA) is 252 Å². The van der Waals surface area contributed by atoms with Crippen LogP contribution < -0.4 is 35.3 Å². The van der Waals surface area contributed by atoms with Crippen molar-refractivity contribution in [1.82, 2.24) is 29.4 Å². The van der Waals surface area contributed by atoms with Gasteiger partial charge in [0.2, 0.25) is 0 Å². The molecule has 4 heterocycles. The Balaban J connectivity index is 0.000000256. The Kier molecular flexibility index (Phi) is 17.3. The highest BCUT2D eigenvalue weighted by Crippen LogP contribution is 2.30. The number of hydrogen-bond acceptors (Lipinski definition) is 15. The number of benzene rings is 2. The number of rotatable bonds is 17. The van der Waals surface area contributed by atoms with E-state index < -0.39 is 48.5 Å². The van der Waals surface area contributed by atoms with Gasteiger partial charge >= 0.3 is 0 Å². The highest BCUT2D eigenvalue weighted by atomic mass is 35.5. The van der Waals surface area contributed by atoms with Gasteiger partial charge in [-0.25, -0.2) is 38.2 Å². The summed E-state index contributed by atoms with van der Waals surface area (Å²) in [5.74, 6) is -1.42. The van der Waals surface area contributed by atoms with Gasteiger partial charge in [0.1, 0.15) is 45.7 Å². The molecule has 6 rings (SSSR count). The number of nitrogen functional groups attached to an aromatic ring is 2. The van der Waals surface area contributed by atoms with E-state index in [1.807, 2.05) is 51.0 Å². The third-order valence-corrected chi connectivity index (χ3v) is 12.0. The van der Waals surface area contributed by atoms with Crippen molar-refractivity contribution < 1.29 is 44.7 Å². The zero-order chi connectivity index (χ0) is 49.9. The fourth-order valence-electron chi connectivity index (χ4n) is 6.05. The molecule has 360 valence electrons. The predicted octanol–water partition coefficient (Wildman–Crippen LogP) is 7.54. The number of ether oxygens (including phenoxy) is 2. The molecule has 0 saturated carbocycles. The third-order valence-electron chi connectivity index (χ3n) is 9.27. The predicted molar refractivity (Wildman–Crippen MR) is 255 cm³/mol. The van der Waals surface area contributed by atoms with Crippen LogP contribution in [0.2, 0.25) is 5.15 Å². The first-order valence-corrected chi connectivity index (χ1v) is 24.3. The molecule has 68 heavy (non-hydrogen) atoms. The molecule has 0 bridgehead atoms. The van der Waals surface area contributed by atoms with E-state index in [1.165, 1.54) is 84.9 Å². The summed E-state index contributed by atoms with van der Waals surface area (Å²) in [6, 6.07) is 22.2. The molecular weight excluding hydrogens is 944 g/mol. The summed E-state index contributed by atoms with van der Waals surface area (Å²) >= 11 is 6.13. The lowest BCUT2D eigenvalue weighted by atomic mass is 10.1. The molecule has 2 amide bonds. The molecule has 0 fully saturated rings. The molecule has 0 atom stereocenters. The molecule has 4 aromatic heterocycles. The van der Waals surface area contributed by atoms with E-state index in [0.29, 0.717) is 54.6 Å². The Hall–Kier alpha value is -6.97. The summed E-state index contributed by atoms with van der Waals surface area (Å²) in [6.07, 6.45) is 0. The average Bonchev–Trinajstić information content (AvgIpc) is 3.27. The maximum Gasteiger partial charge on any atom is 0.281 e. The number of anilines is 3. The molecule has 0 radical (unpaired) electrons. The van der Waals surface area contributed by atoms with Crippen LogP contribution in [0.15, 0.2) is 107 Å². The minimum atomic E-state index is -4.28. The van der Waals surface area contributed by atoms with Crippen molar-refractivity contribution >= 4 is 60.9 Å². The van der Waals surface area contributed by atoms with Crippen molar-refractivity contribution in [2.24, 2.45) is 11.8 Å². The number of amides is 2. The van der Waals surface area contributed by atoms with Crippen molar-refractivity contribution in [3.8, 4) is 34.0 Å². The summed E-state index contributed by atoms with van der Waals surface area (Å²) in [7, 11) is -8.55. The Labute approximate surface area is 398 Å². The molecule has 2 aromatic carbocycles. The number of carbonyl (C=O) groups excluding carboxylic acids is 2. The average molecular weight is 995 g/mol. The number of nitrogens with one attached hydrogen (secondary N) is 2. The van der Waals surface area contributed by atoms with E-state index in [1.54, 1.807) is 17.0 Å². The number of nitrogens with zero attached hydrogens (tertiary/aromatic N) is 5. The number of sulfonamides is 2. The van der Waals surface area contributed by atoms with Gasteiger partial charge in [-0.15, -0.1) is 0 Å². The zero-order valence-electron chi connectivity index (χ0n) is 37.8. The van der Waals surface area contributed by atoms with Crippen molar-refractivity contribution in [2.45, 2.75) is 51.6 Å². The summed E-state index contributed by atoms with van der Waals surface area (Å²) < 4.78 is 93.7. The highest BCUT2D eigenvalue weighted by Gasteiger charge is 2.26. The molecule has 0 unspecified atom stereocenters. The first-order chi connectivity index (χ1) is 32.1. The van der Waals surface area contributed by atoms with E-state index in [4.69, 9.17) is 32.5 Å². The standard InChI is InChI=1S/C25H30FN5O4S.C21H20ClFN4O4S/c1-5-31(6-2)24-20(25(32)30-36(33,34)23-9-7-8-22(27)29-23)10-11-21(28-24)17-12-18(26)14-19(13-17)35-15-16(3)4;1-12(2)11-31-15-9-13(8-14(23)10-15)17-7-6-16(20(22)25-17)21(28)27-32(29,30)19-5-3-4-18(24)26-19/h7-14,16H,5-6,15H2,1-4H3,(H2,27,29)(H,30,32);3-10,12H,11H2,1-2H3,(H2,24,26)(H,27,28). The Morgan fingerprint density at radius 1 is 0.632 bits per heavy atom. The second-order valence-corrected chi connectivity index (χ2v) is 19.3. The smallest absolute Gasteiger partial charge is 0.281 e.